The zero-order chi connectivity index (χ0) is 21.9. The van der Waals surface area contributed by atoms with E-state index in [0.29, 0.717) is 16.9 Å². The standard InChI is InChI=1S/C20H23ClF3N3O3/c21-15-9-5-4-8-14(15)12-27-17(29)19(20(22,23)24,26-18(27)30)25-16(28)11-10-13-6-2-1-3-7-13/h4-5,8-9,13H,1-3,6-7,10-12H2,(H,25,28)(H,26,30)/t19-/m1/s1. The van der Waals surface area contributed by atoms with Crippen molar-refractivity contribution in [2.75, 3.05) is 0 Å². The number of imide groups is 1. The van der Waals surface area contributed by atoms with Crippen LogP contribution in [0.15, 0.2) is 24.3 Å². The van der Waals surface area contributed by atoms with Crippen molar-refractivity contribution in [2.24, 2.45) is 5.92 Å². The highest BCUT2D eigenvalue weighted by Gasteiger charge is 2.68. The molecular weight excluding hydrogens is 423 g/mol. The lowest BCUT2D eigenvalue weighted by Gasteiger charge is -2.30. The fourth-order valence-electron chi connectivity index (χ4n) is 3.95. The van der Waals surface area contributed by atoms with Crippen molar-refractivity contribution >= 4 is 29.4 Å². The molecule has 1 aromatic rings. The second kappa shape index (κ2) is 8.83. The Morgan fingerprint density at radius 1 is 1.20 bits per heavy atom. The Bertz CT molecular complexity index is 827. The highest BCUT2D eigenvalue weighted by molar-refractivity contribution is 6.31. The van der Waals surface area contributed by atoms with Crippen LogP contribution in [-0.2, 0) is 16.1 Å². The zero-order valence-corrected chi connectivity index (χ0v) is 17.0. The van der Waals surface area contributed by atoms with E-state index in [1.165, 1.54) is 12.1 Å². The van der Waals surface area contributed by atoms with Crippen LogP contribution in [0.1, 0.15) is 50.5 Å². The average Bonchev–Trinajstić information content (AvgIpc) is 2.94. The van der Waals surface area contributed by atoms with Gasteiger partial charge in [0.15, 0.2) is 0 Å². The number of carbonyl (C=O) groups excluding carboxylic acids is 3. The van der Waals surface area contributed by atoms with Crippen LogP contribution in [0.5, 0.6) is 0 Å². The van der Waals surface area contributed by atoms with Gasteiger partial charge in [-0.25, -0.2) is 4.79 Å². The molecule has 1 aromatic carbocycles. The molecule has 2 N–H and O–H groups in total. The monoisotopic (exact) mass is 445 g/mol. The number of rotatable bonds is 6. The van der Waals surface area contributed by atoms with E-state index in [0.717, 1.165) is 32.1 Å². The van der Waals surface area contributed by atoms with E-state index in [-0.39, 0.29) is 17.4 Å². The van der Waals surface area contributed by atoms with Gasteiger partial charge in [0.25, 0.3) is 11.6 Å². The van der Waals surface area contributed by atoms with Gasteiger partial charge in [0.1, 0.15) is 0 Å². The van der Waals surface area contributed by atoms with Gasteiger partial charge in [-0.05, 0) is 24.0 Å². The number of benzene rings is 1. The van der Waals surface area contributed by atoms with Crippen molar-refractivity contribution < 1.29 is 27.6 Å². The molecule has 164 valence electrons. The molecule has 2 aliphatic rings. The topological polar surface area (TPSA) is 78.5 Å². The fourth-order valence-corrected chi connectivity index (χ4v) is 4.14. The number of halogens is 4. The zero-order valence-electron chi connectivity index (χ0n) is 16.2. The summed E-state index contributed by atoms with van der Waals surface area (Å²) in [7, 11) is 0. The minimum Gasteiger partial charge on any atom is -0.318 e. The largest absolute Gasteiger partial charge is 0.440 e. The van der Waals surface area contributed by atoms with E-state index in [2.05, 4.69) is 0 Å². The molecule has 2 fully saturated rings. The molecule has 1 saturated heterocycles. The molecule has 30 heavy (non-hydrogen) atoms. The van der Waals surface area contributed by atoms with Gasteiger partial charge in [0, 0.05) is 11.4 Å². The van der Waals surface area contributed by atoms with Crippen LogP contribution in [0.2, 0.25) is 5.02 Å². The number of hydrogen-bond acceptors (Lipinski definition) is 3. The maximum absolute atomic E-state index is 13.9. The molecule has 0 aromatic heterocycles. The van der Waals surface area contributed by atoms with Crippen LogP contribution in [-0.4, -0.2) is 34.6 Å². The molecule has 1 saturated carbocycles. The lowest BCUT2D eigenvalue weighted by atomic mass is 9.86. The van der Waals surface area contributed by atoms with Gasteiger partial charge < -0.3 is 5.32 Å². The molecule has 3 rings (SSSR count). The Balaban J connectivity index is 1.74. The lowest BCUT2D eigenvalue weighted by molar-refractivity contribution is -0.204. The highest BCUT2D eigenvalue weighted by Crippen LogP contribution is 2.35. The number of nitrogens with one attached hydrogen (secondary N) is 2. The summed E-state index contributed by atoms with van der Waals surface area (Å²) in [5, 5.41) is 3.62. The SMILES string of the molecule is O=C(CCC1CCCCC1)N[C@@]1(C(F)(F)F)NC(=O)N(Cc2ccccc2Cl)C1=O. The van der Waals surface area contributed by atoms with Gasteiger partial charge in [0.05, 0.1) is 6.54 Å². The molecule has 1 heterocycles. The van der Waals surface area contributed by atoms with Crippen molar-refractivity contribution in [2.45, 2.75) is 63.3 Å². The normalized spacial score (nSPS) is 22.9. The molecule has 0 bridgehead atoms. The Kier molecular flexibility index (Phi) is 6.59. The summed E-state index contributed by atoms with van der Waals surface area (Å²) in [6.45, 7) is -0.444. The number of nitrogens with zero attached hydrogens (tertiary/aromatic N) is 1. The van der Waals surface area contributed by atoms with Crippen molar-refractivity contribution in [3.05, 3.63) is 34.9 Å². The first-order valence-corrected chi connectivity index (χ1v) is 10.3. The summed E-state index contributed by atoms with van der Waals surface area (Å²) < 4.78 is 41.6. The first-order chi connectivity index (χ1) is 14.1. The molecule has 1 aliphatic heterocycles. The predicted octanol–water partition coefficient (Wildman–Crippen LogP) is 4.13. The second-order valence-electron chi connectivity index (χ2n) is 7.75. The van der Waals surface area contributed by atoms with Gasteiger partial charge >= 0.3 is 12.2 Å². The maximum Gasteiger partial charge on any atom is 0.440 e. The van der Waals surface area contributed by atoms with Crippen molar-refractivity contribution in [3.8, 4) is 0 Å². The van der Waals surface area contributed by atoms with Crippen LogP contribution >= 0.6 is 11.6 Å². The molecule has 0 spiro atoms. The molecular formula is C20H23ClF3N3O3. The predicted molar refractivity (Wildman–Crippen MR) is 103 cm³/mol. The van der Waals surface area contributed by atoms with Gasteiger partial charge in [-0.15, -0.1) is 0 Å². The maximum atomic E-state index is 13.9. The van der Waals surface area contributed by atoms with E-state index in [1.807, 2.05) is 0 Å². The first-order valence-electron chi connectivity index (χ1n) is 9.89. The number of hydrogen-bond donors (Lipinski definition) is 2. The van der Waals surface area contributed by atoms with Crippen molar-refractivity contribution in [1.29, 1.82) is 0 Å². The smallest absolute Gasteiger partial charge is 0.318 e. The molecule has 0 radical (unpaired) electrons. The number of alkyl halides is 3. The third kappa shape index (κ3) is 4.55. The lowest BCUT2D eigenvalue weighted by Crippen LogP contribution is -2.69. The summed E-state index contributed by atoms with van der Waals surface area (Å²) in [6.07, 6.45) is 0.200. The molecule has 0 unspecified atom stereocenters. The van der Waals surface area contributed by atoms with Crippen molar-refractivity contribution in [1.82, 2.24) is 15.5 Å². The van der Waals surface area contributed by atoms with Gasteiger partial charge in [0.2, 0.25) is 5.91 Å². The minimum atomic E-state index is -5.21. The summed E-state index contributed by atoms with van der Waals surface area (Å²) in [5.41, 5.74) is -3.17. The Hall–Kier alpha value is -2.29. The van der Waals surface area contributed by atoms with E-state index in [9.17, 15) is 27.6 Å². The van der Waals surface area contributed by atoms with Gasteiger partial charge in [-0.1, -0.05) is 61.9 Å². The first kappa shape index (κ1) is 22.4. The molecule has 4 amide bonds. The van der Waals surface area contributed by atoms with Crippen LogP contribution in [0, 0.1) is 5.92 Å². The van der Waals surface area contributed by atoms with E-state index >= 15 is 0 Å². The minimum absolute atomic E-state index is 0.143. The number of amides is 4. The quantitative estimate of drug-likeness (QED) is 0.646. The third-order valence-electron chi connectivity index (χ3n) is 5.65. The van der Waals surface area contributed by atoms with Crippen LogP contribution in [0.4, 0.5) is 18.0 Å². The number of carbonyl (C=O) groups is 3. The Labute approximate surface area is 177 Å². The second-order valence-corrected chi connectivity index (χ2v) is 8.16. The van der Waals surface area contributed by atoms with Crippen LogP contribution < -0.4 is 10.6 Å². The molecule has 1 atom stereocenters. The fraction of sp³-hybridized carbons (Fsp3) is 0.550. The average molecular weight is 446 g/mol. The summed E-state index contributed by atoms with van der Waals surface area (Å²) in [4.78, 5) is 37.7. The van der Waals surface area contributed by atoms with E-state index in [4.69, 9.17) is 11.6 Å². The van der Waals surface area contributed by atoms with Crippen LogP contribution in [0.25, 0.3) is 0 Å². The summed E-state index contributed by atoms with van der Waals surface area (Å²) in [6, 6.07) is 4.96. The van der Waals surface area contributed by atoms with E-state index < -0.39 is 36.2 Å². The van der Waals surface area contributed by atoms with Gasteiger partial charge in [-0.2, -0.15) is 13.2 Å². The van der Waals surface area contributed by atoms with Gasteiger partial charge in [-0.3, -0.25) is 19.8 Å². The number of urea groups is 1. The Morgan fingerprint density at radius 2 is 1.87 bits per heavy atom. The highest BCUT2D eigenvalue weighted by atomic mass is 35.5. The Morgan fingerprint density at radius 3 is 2.50 bits per heavy atom. The van der Waals surface area contributed by atoms with Crippen LogP contribution in [0.3, 0.4) is 0 Å². The van der Waals surface area contributed by atoms with E-state index in [1.54, 1.807) is 22.8 Å². The third-order valence-corrected chi connectivity index (χ3v) is 6.02. The molecule has 10 heteroatoms. The molecule has 1 aliphatic carbocycles. The van der Waals surface area contributed by atoms with Crippen molar-refractivity contribution in [3.63, 3.8) is 0 Å². The summed E-state index contributed by atoms with van der Waals surface area (Å²) >= 11 is 6.00. The molecule has 6 nitrogen and oxygen atoms in total. The summed E-state index contributed by atoms with van der Waals surface area (Å²) in [5.74, 6) is -2.21.